The first-order chi connectivity index (χ1) is 18.2. The Kier molecular flexibility index (Phi) is 6.74. The number of ether oxygens (including phenoxy) is 1. The monoisotopic (exact) mass is 520 g/mol. The van der Waals surface area contributed by atoms with Crippen LogP contribution in [-0.2, 0) is 24.2 Å². The quantitative estimate of drug-likeness (QED) is 0.476. The molecule has 12 nitrogen and oxygen atoms in total. The molecule has 0 saturated heterocycles. The number of carbonyl (C=O) groups is 2. The normalized spacial score (nSPS) is 16.2. The summed E-state index contributed by atoms with van der Waals surface area (Å²) in [5.74, 6) is 2.45. The van der Waals surface area contributed by atoms with E-state index in [0.717, 1.165) is 23.6 Å². The van der Waals surface area contributed by atoms with E-state index >= 15 is 0 Å². The van der Waals surface area contributed by atoms with Crippen molar-refractivity contribution < 1.29 is 19.4 Å². The fourth-order valence-corrected chi connectivity index (χ4v) is 4.93. The number of fused-ring (bicyclic) bond motifs is 2. The van der Waals surface area contributed by atoms with Gasteiger partial charge in [0, 0.05) is 39.2 Å². The number of nitrogens with zero attached hydrogens (tertiary/aromatic N) is 8. The SMILES string of the molecule is COC[C@@H]1CCc2nnc(-c3cccc(N4Cc5c(cc(N(C)C(C)C)nc5CN(C)C(=O)O)C4=O)n3)n21. The summed E-state index contributed by atoms with van der Waals surface area (Å²) in [5, 5.41) is 18.2. The molecule has 5 heterocycles. The van der Waals surface area contributed by atoms with Crippen LogP contribution in [0.2, 0.25) is 0 Å². The number of rotatable bonds is 8. The van der Waals surface area contributed by atoms with Gasteiger partial charge < -0.3 is 24.2 Å². The number of hydrogen-bond acceptors (Lipinski definition) is 8. The number of carbonyl (C=O) groups excluding carboxylic acids is 1. The van der Waals surface area contributed by atoms with Gasteiger partial charge in [-0.25, -0.2) is 14.8 Å². The molecule has 2 amide bonds. The summed E-state index contributed by atoms with van der Waals surface area (Å²) in [5.41, 5.74) is 2.39. The molecular formula is C26H32N8O4. The first-order valence-electron chi connectivity index (χ1n) is 12.6. The van der Waals surface area contributed by atoms with Crippen molar-refractivity contribution >= 4 is 23.6 Å². The van der Waals surface area contributed by atoms with Crippen LogP contribution in [0.3, 0.4) is 0 Å². The van der Waals surface area contributed by atoms with Crippen LogP contribution >= 0.6 is 0 Å². The third-order valence-electron chi connectivity index (χ3n) is 7.27. The minimum atomic E-state index is -1.06. The van der Waals surface area contributed by atoms with Crippen molar-refractivity contribution in [2.75, 3.05) is 37.6 Å². The van der Waals surface area contributed by atoms with E-state index in [1.165, 1.54) is 7.05 Å². The highest BCUT2D eigenvalue weighted by Crippen LogP contribution is 2.34. The second-order valence-corrected chi connectivity index (χ2v) is 10.0. The van der Waals surface area contributed by atoms with Crippen molar-refractivity contribution in [1.29, 1.82) is 0 Å². The van der Waals surface area contributed by atoms with Crippen molar-refractivity contribution in [2.45, 2.75) is 51.9 Å². The van der Waals surface area contributed by atoms with Crippen LogP contribution < -0.4 is 9.80 Å². The van der Waals surface area contributed by atoms with E-state index in [1.54, 1.807) is 24.1 Å². The molecule has 1 N–H and O–H groups in total. The van der Waals surface area contributed by atoms with Crippen molar-refractivity contribution in [3.63, 3.8) is 0 Å². The Morgan fingerprint density at radius 2 is 2.03 bits per heavy atom. The lowest BCUT2D eigenvalue weighted by Crippen LogP contribution is -2.29. The molecule has 0 saturated carbocycles. The van der Waals surface area contributed by atoms with E-state index in [1.807, 2.05) is 37.9 Å². The predicted octanol–water partition coefficient (Wildman–Crippen LogP) is 2.98. The van der Waals surface area contributed by atoms with Gasteiger partial charge in [0.15, 0.2) is 5.82 Å². The zero-order chi connectivity index (χ0) is 27.1. The second-order valence-electron chi connectivity index (χ2n) is 10.0. The fourth-order valence-electron chi connectivity index (χ4n) is 4.93. The number of methoxy groups -OCH3 is 1. The highest BCUT2D eigenvalue weighted by molar-refractivity contribution is 6.10. The lowest BCUT2D eigenvalue weighted by Gasteiger charge is -2.24. The molecule has 12 heteroatoms. The molecule has 0 aromatic carbocycles. The van der Waals surface area contributed by atoms with E-state index in [-0.39, 0.29) is 31.1 Å². The molecule has 3 aromatic rings. The first kappa shape index (κ1) is 25.6. The molecule has 0 radical (unpaired) electrons. The average Bonchev–Trinajstić information content (AvgIpc) is 3.58. The van der Waals surface area contributed by atoms with Crippen LogP contribution in [0, 0.1) is 0 Å². The molecular weight excluding hydrogens is 488 g/mol. The summed E-state index contributed by atoms with van der Waals surface area (Å²) in [6, 6.07) is 7.57. The van der Waals surface area contributed by atoms with Gasteiger partial charge in [-0.15, -0.1) is 10.2 Å². The van der Waals surface area contributed by atoms with E-state index in [0.29, 0.717) is 46.6 Å². The number of pyridine rings is 2. The van der Waals surface area contributed by atoms with Gasteiger partial charge in [-0.05, 0) is 38.5 Å². The van der Waals surface area contributed by atoms with Crippen LogP contribution in [-0.4, -0.2) is 80.6 Å². The van der Waals surface area contributed by atoms with Gasteiger partial charge in [0.05, 0.1) is 37.0 Å². The topological polar surface area (TPSA) is 130 Å². The summed E-state index contributed by atoms with van der Waals surface area (Å²) in [6.07, 6.45) is 0.694. The molecule has 1 atom stereocenters. The van der Waals surface area contributed by atoms with Crippen LogP contribution in [0.15, 0.2) is 24.3 Å². The highest BCUT2D eigenvalue weighted by atomic mass is 16.5. The van der Waals surface area contributed by atoms with Crippen molar-refractivity contribution in [3.05, 3.63) is 46.9 Å². The fraction of sp³-hybridized carbons (Fsp3) is 0.462. The summed E-state index contributed by atoms with van der Waals surface area (Å²) in [4.78, 5) is 39.6. The van der Waals surface area contributed by atoms with Crippen molar-refractivity contribution in [2.24, 2.45) is 0 Å². The van der Waals surface area contributed by atoms with Crippen LogP contribution in [0.1, 0.15) is 53.7 Å². The van der Waals surface area contributed by atoms with Gasteiger partial charge in [-0.1, -0.05) is 6.07 Å². The van der Waals surface area contributed by atoms with Gasteiger partial charge in [0.2, 0.25) is 0 Å². The Morgan fingerprint density at radius 1 is 1.24 bits per heavy atom. The maximum Gasteiger partial charge on any atom is 0.407 e. The minimum absolute atomic E-state index is 0.0683. The summed E-state index contributed by atoms with van der Waals surface area (Å²) in [7, 11) is 5.07. The number of hydrogen-bond donors (Lipinski definition) is 1. The van der Waals surface area contributed by atoms with Crippen LogP contribution in [0.25, 0.3) is 11.5 Å². The zero-order valence-corrected chi connectivity index (χ0v) is 22.2. The molecule has 0 fully saturated rings. The Morgan fingerprint density at radius 3 is 2.74 bits per heavy atom. The summed E-state index contributed by atoms with van der Waals surface area (Å²) >= 11 is 0. The van der Waals surface area contributed by atoms with Crippen molar-refractivity contribution in [3.8, 4) is 11.5 Å². The van der Waals surface area contributed by atoms with Gasteiger partial charge in [0.1, 0.15) is 23.2 Å². The molecule has 3 aromatic heterocycles. The Balaban J connectivity index is 1.51. The maximum absolute atomic E-state index is 13.7. The Labute approximate surface area is 220 Å². The molecule has 5 rings (SSSR count). The van der Waals surface area contributed by atoms with E-state index < -0.39 is 6.09 Å². The molecule has 38 heavy (non-hydrogen) atoms. The van der Waals surface area contributed by atoms with Crippen molar-refractivity contribution in [1.82, 2.24) is 29.6 Å². The second kappa shape index (κ2) is 10.0. The smallest absolute Gasteiger partial charge is 0.407 e. The number of aromatic nitrogens is 5. The molecule has 200 valence electrons. The zero-order valence-electron chi connectivity index (χ0n) is 22.2. The molecule has 0 unspecified atom stereocenters. The third-order valence-corrected chi connectivity index (χ3v) is 7.27. The largest absolute Gasteiger partial charge is 0.465 e. The molecule has 2 aliphatic heterocycles. The predicted molar refractivity (Wildman–Crippen MR) is 140 cm³/mol. The van der Waals surface area contributed by atoms with Gasteiger partial charge in [0.25, 0.3) is 5.91 Å². The maximum atomic E-state index is 13.7. The van der Waals surface area contributed by atoms with Gasteiger partial charge >= 0.3 is 6.09 Å². The summed E-state index contributed by atoms with van der Waals surface area (Å²) in [6.45, 7) is 4.93. The third kappa shape index (κ3) is 4.44. The molecule has 0 aliphatic carbocycles. The number of anilines is 2. The standard InChI is InChI=1S/C26H32N8O4/c1-15(2)32(4)23-11-17-18(20(28-23)13-31(3)26(36)37)12-33(25(17)35)21-8-6-7-19(27-21)24-30-29-22-10-9-16(14-38-5)34(22)24/h6-8,11,15-16H,9-10,12-14H2,1-5H3,(H,36,37)/t16-/m0/s1. The van der Waals surface area contributed by atoms with E-state index in [4.69, 9.17) is 14.7 Å². The van der Waals surface area contributed by atoms with Gasteiger partial charge in [-0.3, -0.25) is 9.69 Å². The highest BCUT2D eigenvalue weighted by Gasteiger charge is 2.34. The lowest BCUT2D eigenvalue weighted by molar-refractivity contribution is 0.0996. The number of aryl methyl sites for hydroxylation is 1. The molecule has 0 bridgehead atoms. The Hall–Kier alpha value is -4.06. The first-order valence-corrected chi connectivity index (χ1v) is 12.6. The van der Waals surface area contributed by atoms with E-state index in [9.17, 15) is 14.7 Å². The van der Waals surface area contributed by atoms with Crippen LogP contribution in [0.5, 0.6) is 0 Å². The number of carboxylic acid groups (broad SMARTS) is 1. The van der Waals surface area contributed by atoms with E-state index in [2.05, 4.69) is 14.8 Å². The average molecular weight is 521 g/mol. The Bertz CT molecular complexity index is 1390. The minimum Gasteiger partial charge on any atom is -0.465 e. The lowest BCUT2D eigenvalue weighted by atomic mass is 10.1. The van der Waals surface area contributed by atoms with Gasteiger partial charge in [-0.2, -0.15) is 0 Å². The molecule has 0 spiro atoms. The summed E-state index contributed by atoms with van der Waals surface area (Å²) < 4.78 is 7.47. The number of amides is 2. The van der Waals surface area contributed by atoms with Crippen LogP contribution in [0.4, 0.5) is 16.4 Å². The molecule has 2 aliphatic rings.